The monoisotopic (exact) mass is 272 g/mol. The Morgan fingerprint density at radius 2 is 2.10 bits per heavy atom. The lowest BCUT2D eigenvalue weighted by molar-refractivity contribution is -0.120. The Labute approximate surface area is 116 Å². The quantitative estimate of drug-likeness (QED) is 0.885. The molecule has 6 heteroatoms. The molecule has 1 heterocycles. The summed E-state index contributed by atoms with van der Waals surface area (Å²) in [5.41, 5.74) is 1.74. The zero-order valence-electron chi connectivity index (χ0n) is 11.2. The molecule has 2 aromatic rings. The van der Waals surface area contributed by atoms with Crippen LogP contribution in [-0.2, 0) is 11.3 Å². The number of urea groups is 1. The van der Waals surface area contributed by atoms with Gasteiger partial charge >= 0.3 is 6.03 Å². The number of nitrogens with zero attached hydrogens (tertiary/aromatic N) is 2. The minimum atomic E-state index is -0.417. The molecule has 104 valence electrons. The first-order valence-corrected chi connectivity index (χ1v) is 6.65. The number of hydrogen-bond donors (Lipinski definition) is 2. The van der Waals surface area contributed by atoms with Crippen LogP contribution in [0.2, 0.25) is 0 Å². The molecule has 0 unspecified atom stereocenters. The standard InChI is InChI=1S/C14H16N4O2/c1-9-15-11-4-2-3-5-12(11)18(9)8-13(19)17-14(20)16-10-6-7-10/h2-5,10H,6-8H2,1H3,(H2,16,17,19,20). The van der Waals surface area contributed by atoms with Gasteiger partial charge in [-0.15, -0.1) is 0 Å². The van der Waals surface area contributed by atoms with Gasteiger partial charge in [-0.2, -0.15) is 0 Å². The maximum absolute atomic E-state index is 11.9. The first kappa shape index (κ1) is 12.7. The molecular formula is C14H16N4O2. The second-order valence-electron chi connectivity index (χ2n) is 5.03. The van der Waals surface area contributed by atoms with E-state index in [4.69, 9.17) is 0 Å². The number of fused-ring (bicyclic) bond motifs is 1. The number of aromatic nitrogens is 2. The SMILES string of the molecule is Cc1nc2ccccc2n1CC(=O)NC(=O)NC1CC1. The van der Waals surface area contributed by atoms with Crippen LogP contribution in [0.4, 0.5) is 4.79 Å². The molecule has 0 saturated heterocycles. The zero-order valence-corrected chi connectivity index (χ0v) is 11.2. The minimum absolute atomic E-state index is 0.0877. The largest absolute Gasteiger partial charge is 0.335 e. The van der Waals surface area contributed by atoms with Crippen LogP contribution in [0, 0.1) is 6.92 Å². The lowest BCUT2D eigenvalue weighted by Gasteiger charge is -2.08. The van der Waals surface area contributed by atoms with Gasteiger partial charge in [0.25, 0.3) is 0 Å². The van der Waals surface area contributed by atoms with Crippen molar-refractivity contribution in [3.8, 4) is 0 Å². The van der Waals surface area contributed by atoms with Crippen LogP contribution in [-0.4, -0.2) is 27.5 Å². The number of carbonyl (C=O) groups is 2. The van der Waals surface area contributed by atoms with E-state index in [2.05, 4.69) is 15.6 Å². The van der Waals surface area contributed by atoms with Crippen LogP contribution in [0.1, 0.15) is 18.7 Å². The molecule has 0 bridgehead atoms. The lowest BCUT2D eigenvalue weighted by Crippen LogP contribution is -2.41. The summed E-state index contributed by atoms with van der Waals surface area (Å²) in [4.78, 5) is 27.8. The number of carbonyl (C=O) groups excluding carboxylic acids is 2. The van der Waals surface area contributed by atoms with Crippen molar-refractivity contribution in [2.75, 3.05) is 0 Å². The van der Waals surface area contributed by atoms with Gasteiger partial charge in [0.2, 0.25) is 5.91 Å². The molecule has 0 aliphatic heterocycles. The van der Waals surface area contributed by atoms with Gasteiger partial charge in [-0.25, -0.2) is 9.78 Å². The third-order valence-corrected chi connectivity index (χ3v) is 3.31. The zero-order chi connectivity index (χ0) is 14.1. The Kier molecular flexibility index (Phi) is 3.14. The molecule has 1 aliphatic carbocycles. The number of hydrogen-bond acceptors (Lipinski definition) is 3. The fraction of sp³-hybridized carbons (Fsp3) is 0.357. The van der Waals surface area contributed by atoms with Crippen molar-refractivity contribution in [1.29, 1.82) is 0 Å². The summed E-state index contributed by atoms with van der Waals surface area (Å²) < 4.78 is 1.80. The summed E-state index contributed by atoms with van der Waals surface area (Å²) in [5.74, 6) is 0.415. The molecule has 6 nitrogen and oxygen atoms in total. The average Bonchev–Trinajstić information content (AvgIpc) is 3.15. The highest BCUT2D eigenvalue weighted by Gasteiger charge is 2.24. The van der Waals surface area contributed by atoms with E-state index in [0.717, 1.165) is 29.7 Å². The Morgan fingerprint density at radius 1 is 1.35 bits per heavy atom. The van der Waals surface area contributed by atoms with Crippen molar-refractivity contribution >= 4 is 23.0 Å². The molecule has 3 rings (SSSR count). The molecule has 1 aromatic heterocycles. The number of imide groups is 1. The van der Waals surface area contributed by atoms with Crippen molar-refractivity contribution < 1.29 is 9.59 Å². The molecule has 0 spiro atoms. The molecule has 0 radical (unpaired) electrons. The van der Waals surface area contributed by atoms with Gasteiger partial charge in [0, 0.05) is 6.04 Å². The number of aryl methyl sites for hydroxylation is 1. The molecular weight excluding hydrogens is 256 g/mol. The van der Waals surface area contributed by atoms with Crippen LogP contribution < -0.4 is 10.6 Å². The van der Waals surface area contributed by atoms with E-state index in [9.17, 15) is 9.59 Å². The van der Waals surface area contributed by atoms with E-state index in [1.54, 1.807) is 4.57 Å². The van der Waals surface area contributed by atoms with Crippen LogP contribution in [0.15, 0.2) is 24.3 Å². The lowest BCUT2D eigenvalue weighted by atomic mass is 10.3. The Balaban J connectivity index is 1.70. The Bertz CT molecular complexity index is 673. The van der Waals surface area contributed by atoms with Crippen molar-refractivity contribution in [2.24, 2.45) is 0 Å². The normalized spacial score (nSPS) is 14.2. The smallest absolute Gasteiger partial charge is 0.321 e. The molecule has 1 saturated carbocycles. The summed E-state index contributed by atoms with van der Waals surface area (Å²) in [5, 5.41) is 5.06. The molecule has 1 aliphatic rings. The van der Waals surface area contributed by atoms with Crippen molar-refractivity contribution in [3.63, 3.8) is 0 Å². The fourth-order valence-electron chi connectivity index (χ4n) is 2.15. The molecule has 1 fully saturated rings. The third-order valence-electron chi connectivity index (χ3n) is 3.31. The minimum Gasteiger partial charge on any atom is -0.335 e. The maximum Gasteiger partial charge on any atom is 0.321 e. The Hall–Kier alpha value is -2.37. The Morgan fingerprint density at radius 3 is 2.85 bits per heavy atom. The fourth-order valence-corrected chi connectivity index (χ4v) is 2.15. The summed E-state index contributed by atoms with van der Waals surface area (Å²) in [6.07, 6.45) is 1.99. The van der Waals surface area contributed by atoms with E-state index in [1.165, 1.54) is 0 Å². The van der Waals surface area contributed by atoms with Crippen molar-refractivity contribution in [1.82, 2.24) is 20.2 Å². The van der Waals surface area contributed by atoms with E-state index in [0.29, 0.717) is 0 Å². The summed E-state index contributed by atoms with van der Waals surface area (Å²) in [7, 11) is 0. The second-order valence-corrected chi connectivity index (χ2v) is 5.03. The number of amides is 3. The summed E-state index contributed by atoms with van der Waals surface area (Å²) >= 11 is 0. The average molecular weight is 272 g/mol. The molecule has 20 heavy (non-hydrogen) atoms. The van der Waals surface area contributed by atoms with Gasteiger partial charge in [0.15, 0.2) is 0 Å². The predicted octanol–water partition coefficient (Wildman–Crippen LogP) is 1.33. The van der Waals surface area contributed by atoms with Crippen molar-refractivity contribution in [3.05, 3.63) is 30.1 Å². The van der Waals surface area contributed by atoms with Crippen LogP contribution in [0.3, 0.4) is 0 Å². The van der Waals surface area contributed by atoms with Gasteiger partial charge in [-0.1, -0.05) is 12.1 Å². The molecule has 2 N–H and O–H groups in total. The maximum atomic E-state index is 11.9. The van der Waals surface area contributed by atoms with Gasteiger partial charge in [0.1, 0.15) is 12.4 Å². The summed E-state index contributed by atoms with van der Waals surface area (Å²) in [6.45, 7) is 1.93. The van der Waals surface area contributed by atoms with Gasteiger partial charge in [-0.05, 0) is 31.9 Å². The van der Waals surface area contributed by atoms with E-state index in [-0.39, 0.29) is 18.5 Å². The third kappa shape index (κ3) is 2.64. The van der Waals surface area contributed by atoms with Crippen LogP contribution in [0.5, 0.6) is 0 Å². The second kappa shape index (κ2) is 4.96. The number of rotatable bonds is 3. The number of para-hydroxylation sites is 2. The van der Waals surface area contributed by atoms with Gasteiger partial charge in [-0.3, -0.25) is 10.1 Å². The molecule has 3 amide bonds. The summed E-state index contributed by atoms with van der Waals surface area (Å²) in [6, 6.07) is 7.43. The van der Waals surface area contributed by atoms with Crippen LogP contribution >= 0.6 is 0 Å². The van der Waals surface area contributed by atoms with E-state index < -0.39 is 6.03 Å². The van der Waals surface area contributed by atoms with E-state index >= 15 is 0 Å². The number of imidazole rings is 1. The highest BCUT2D eigenvalue weighted by molar-refractivity contribution is 5.95. The first-order valence-electron chi connectivity index (χ1n) is 6.65. The van der Waals surface area contributed by atoms with Gasteiger partial charge in [0.05, 0.1) is 11.0 Å². The predicted molar refractivity (Wildman–Crippen MR) is 74.2 cm³/mol. The van der Waals surface area contributed by atoms with Crippen LogP contribution in [0.25, 0.3) is 11.0 Å². The highest BCUT2D eigenvalue weighted by atomic mass is 16.2. The molecule has 1 aromatic carbocycles. The highest BCUT2D eigenvalue weighted by Crippen LogP contribution is 2.18. The first-order chi connectivity index (χ1) is 9.63. The van der Waals surface area contributed by atoms with Gasteiger partial charge < -0.3 is 9.88 Å². The molecule has 0 atom stereocenters. The topological polar surface area (TPSA) is 76.0 Å². The number of benzene rings is 1. The number of nitrogens with one attached hydrogen (secondary N) is 2. The van der Waals surface area contributed by atoms with E-state index in [1.807, 2.05) is 31.2 Å². The van der Waals surface area contributed by atoms with Crippen molar-refractivity contribution in [2.45, 2.75) is 32.4 Å².